The lowest BCUT2D eigenvalue weighted by Gasteiger charge is -2.25. The van der Waals surface area contributed by atoms with E-state index in [1.807, 2.05) is 12.1 Å². The molecule has 2 aliphatic rings. The molecule has 2 amide bonds. The van der Waals surface area contributed by atoms with E-state index in [0.29, 0.717) is 11.3 Å². The van der Waals surface area contributed by atoms with Crippen molar-refractivity contribution in [1.82, 2.24) is 10.2 Å². The van der Waals surface area contributed by atoms with Crippen molar-refractivity contribution >= 4 is 29.5 Å². The number of hydrogen-bond donors (Lipinski definition) is 2. The lowest BCUT2D eigenvalue weighted by atomic mass is 10.0. The van der Waals surface area contributed by atoms with E-state index in [0.717, 1.165) is 5.56 Å². The van der Waals surface area contributed by atoms with Crippen molar-refractivity contribution in [3.63, 3.8) is 0 Å². The number of aliphatic carboxylic acids is 1. The van der Waals surface area contributed by atoms with Gasteiger partial charge in [0, 0.05) is 11.3 Å². The summed E-state index contributed by atoms with van der Waals surface area (Å²) in [4.78, 5) is 37.9. The molecular formula is C16H18N2O4S. The van der Waals surface area contributed by atoms with Crippen molar-refractivity contribution in [1.29, 1.82) is 0 Å². The molecular weight excluding hydrogens is 316 g/mol. The largest absolute Gasteiger partial charge is 0.480 e. The van der Waals surface area contributed by atoms with E-state index in [4.69, 9.17) is 0 Å². The fraction of sp³-hybridized carbons (Fsp3) is 0.438. The van der Waals surface area contributed by atoms with Gasteiger partial charge in [-0.25, -0.2) is 4.79 Å². The Morgan fingerprint density at radius 2 is 2.04 bits per heavy atom. The minimum atomic E-state index is -1.06. The Kier molecular flexibility index (Phi) is 4.06. The number of thioether (sulfide) groups is 1. The number of amides is 2. The number of carboxylic acids is 1. The molecule has 0 aliphatic carbocycles. The van der Waals surface area contributed by atoms with Gasteiger partial charge in [0.05, 0.1) is 0 Å². The smallest absolute Gasteiger partial charge is 0.326 e. The molecule has 3 atom stereocenters. The Balaban J connectivity index is 1.80. The summed E-state index contributed by atoms with van der Waals surface area (Å²) >= 11 is 1.54. The molecule has 1 fully saturated rings. The Bertz CT molecular complexity index is 676. The van der Waals surface area contributed by atoms with Gasteiger partial charge in [-0.2, -0.15) is 0 Å². The van der Waals surface area contributed by atoms with E-state index in [9.17, 15) is 19.5 Å². The van der Waals surface area contributed by atoms with Crippen LogP contribution in [0, 0.1) is 5.92 Å². The third-order valence-corrected chi connectivity index (χ3v) is 5.53. The molecule has 3 rings (SSSR count). The van der Waals surface area contributed by atoms with Gasteiger partial charge in [-0.05, 0) is 17.5 Å². The molecule has 0 saturated carbocycles. The topological polar surface area (TPSA) is 86.7 Å². The normalized spacial score (nSPS) is 23.6. The van der Waals surface area contributed by atoms with E-state index in [-0.39, 0.29) is 17.2 Å². The van der Waals surface area contributed by atoms with Crippen LogP contribution in [-0.4, -0.2) is 45.6 Å². The van der Waals surface area contributed by atoms with Gasteiger partial charge in [0.2, 0.25) is 5.91 Å². The minimum absolute atomic E-state index is 0.156. The summed E-state index contributed by atoms with van der Waals surface area (Å²) in [6, 6.07) is 5.76. The molecule has 7 heteroatoms. The van der Waals surface area contributed by atoms with Gasteiger partial charge in [-0.15, -0.1) is 11.8 Å². The van der Waals surface area contributed by atoms with Crippen molar-refractivity contribution in [2.45, 2.75) is 31.3 Å². The Hall–Kier alpha value is -2.02. The van der Waals surface area contributed by atoms with Gasteiger partial charge in [0.1, 0.15) is 17.5 Å². The molecule has 0 spiro atoms. The predicted octanol–water partition coefficient (Wildman–Crippen LogP) is 1.48. The summed E-state index contributed by atoms with van der Waals surface area (Å²) in [6.45, 7) is 3.48. The zero-order valence-electron chi connectivity index (χ0n) is 12.9. The molecule has 2 aliphatic heterocycles. The first-order valence-electron chi connectivity index (χ1n) is 7.48. The van der Waals surface area contributed by atoms with Crippen molar-refractivity contribution in [2.75, 3.05) is 5.75 Å². The highest BCUT2D eigenvalue weighted by atomic mass is 32.2. The highest BCUT2D eigenvalue weighted by Gasteiger charge is 2.48. The van der Waals surface area contributed by atoms with Crippen molar-refractivity contribution < 1.29 is 19.5 Å². The summed E-state index contributed by atoms with van der Waals surface area (Å²) in [5.41, 5.74) is 1.55. The molecule has 6 nitrogen and oxygen atoms in total. The zero-order valence-corrected chi connectivity index (χ0v) is 13.7. The zero-order chi connectivity index (χ0) is 16.7. The standard InChI is InChI=1S/C16H18N2O4S/c1-8(2)12(16(21)22)17-13(19)11-7-23-15-10-6-4-3-5-9(10)14(20)18(11)15/h3-6,8,11-12,15H,7H2,1-2H3,(H,17,19)(H,21,22)/t11-,12-,15-/m1/s1. The van der Waals surface area contributed by atoms with E-state index < -0.39 is 24.0 Å². The highest BCUT2D eigenvalue weighted by molar-refractivity contribution is 7.99. The van der Waals surface area contributed by atoms with Crippen LogP contribution in [0.2, 0.25) is 0 Å². The number of carbonyl (C=O) groups excluding carboxylic acids is 2. The monoisotopic (exact) mass is 334 g/mol. The average molecular weight is 334 g/mol. The molecule has 0 aromatic heterocycles. The molecule has 1 aromatic rings. The van der Waals surface area contributed by atoms with Crippen LogP contribution in [0.1, 0.15) is 35.1 Å². The summed E-state index contributed by atoms with van der Waals surface area (Å²) < 4.78 is 0. The molecule has 2 heterocycles. The second-order valence-electron chi connectivity index (χ2n) is 6.07. The van der Waals surface area contributed by atoms with Crippen LogP contribution in [0.25, 0.3) is 0 Å². The van der Waals surface area contributed by atoms with Gasteiger partial charge in [0.15, 0.2) is 0 Å². The van der Waals surface area contributed by atoms with Crippen molar-refractivity contribution in [2.24, 2.45) is 5.92 Å². The molecule has 1 aromatic carbocycles. The van der Waals surface area contributed by atoms with Gasteiger partial charge < -0.3 is 15.3 Å². The number of nitrogens with one attached hydrogen (secondary N) is 1. The first-order chi connectivity index (χ1) is 10.9. The van der Waals surface area contributed by atoms with Crippen LogP contribution in [-0.2, 0) is 9.59 Å². The highest BCUT2D eigenvalue weighted by Crippen LogP contribution is 2.48. The maximum Gasteiger partial charge on any atom is 0.326 e. The van der Waals surface area contributed by atoms with Crippen LogP contribution >= 0.6 is 11.8 Å². The number of rotatable bonds is 4. The first kappa shape index (κ1) is 15.9. The summed E-state index contributed by atoms with van der Waals surface area (Å²) in [5, 5.41) is 11.6. The maximum atomic E-state index is 12.6. The number of benzene rings is 1. The Morgan fingerprint density at radius 1 is 1.35 bits per heavy atom. The Labute approximate surface area is 138 Å². The van der Waals surface area contributed by atoms with E-state index in [1.54, 1.807) is 30.9 Å². The van der Waals surface area contributed by atoms with Crippen LogP contribution in [0.3, 0.4) is 0 Å². The van der Waals surface area contributed by atoms with Crippen LogP contribution in [0.4, 0.5) is 0 Å². The fourth-order valence-corrected chi connectivity index (χ4v) is 4.47. The van der Waals surface area contributed by atoms with Gasteiger partial charge in [0.25, 0.3) is 5.91 Å². The van der Waals surface area contributed by atoms with Crippen molar-refractivity contribution in [3.8, 4) is 0 Å². The SMILES string of the molecule is CC(C)[C@@H](NC(=O)[C@H]1CS[C@@H]2c3ccccc3C(=O)N12)C(=O)O. The third kappa shape index (κ3) is 2.59. The number of nitrogens with zero attached hydrogens (tertiary/aromatic N) is 1. The van der Waals surface area contributed by atoms with E-state index in [2.05, 4.69) is 5.32 Å². The van der Waals surface area contributed by atoms with Gasteiger partial charge >= 0.3 is 5.97 Å². The van der Waals surface area contributed by atoms with Crippen molar-refractivity contribution in [3.05, 3.63) is 35.4 Å². The number of carbonyl (C=O) groups is 3. The molecule has 1 saturated heterocycles. The minimum Gasteiger partial charge on any atom is -0.480 e. The van der Waals surface area contributed by atoms with Gasteiger partial charge in [-0.1, -0.05) is 32.0 Å². The second kappa shape index (κ2) is 5.88. The van der Waals surface area contributed by atoms with E-state index in [1.165, 1.54) is 11.8 Å². The quantitative estimate of drug-likeness (QED) is 0.871. The van der Waals surface area contributed by atoms with Crippen LogP contribution in [0.15, 0.2) is 24.3 Å². The maximum absolute atomic E-state index is 12.6. The first-order valence-corrected chi connectivity index (χ1v) is 8.53. The van der Waals surface area contributed by atoms with Crippen LogP contribution < -0.4 is 5.32 Å². The number of carboxylic acid groups (broad SMARTS) is 1. The van der Waals surface area contributed by atoms with Gasteiger partial charge in [-0.3, -0.25) is 9.59 Å². The number of fused-ring (bicyclic) bond motifs is 3. The summed E-state index contributed by atoms with van der Waals surface area (Å²) in [6.07, 6.45) is 0. The lowest BCUT2D eigenvalue weighted by Crippen LogP contribution is -2.52. The molecule has 122 valence electrons. The lowest BCUT2D eigenvalue weighted by molar-refractivity contribution is -0.143. The second-order valence-corrected chi connectivity index (χ2v) is 7.18. The average Bonchev–Trinajstić information content (AvgIpc) is 3.05. The fourth-order valence-electron chi connectivity index (χ4n) is 3.01. The predicted molar refractivity (Wildman–Crippen MR) is 86.0 cm³/mol. The summed E-state index contributed by atoms with van der Waals surface area (Å²) in [7, 11) is 0. The molecule has 0 unspecified atom stereocenters. The molecule has 23 heavy (non-hydrogen) atoms. The Morgan fingerprint density at radius 3 is 2.70 bits per heavy atom. The molecule has 0 radical (unpaired) electrons. The third-order valence-electron chi connectivity index (χ3n) is 4.23. The molecule has 2 N–H and O–H groups in total. The summed E-state index contributed by atoms with van der Waals surface area (Å²) in [5.74, 6) is -1.38. The van der Waals surface area contributed by atoms with Crippen LogP contribution in [0.5, 0.6) is 0 Å². The molecule has 0 bridgehead atoms. The number of hydrogen-bond acceptors (Lipinski definition) is 4. The van der Waals surface area contributed by atoms with E-state index >= 15 is 0 Å².